The number of nitrogens with one attached hydrogen (secondary N) is 1. The minimum absolute atomic E-state index is 0.436. The van der Waals surface area contributed by atoms with Crippen molar-refractivity contribution < 1.29 is 4.74 Å². The van der Waals surface area contributed by atoms with Crippen LogP contribution in [0.4, 0.5) is 5.69 Å². The van der Waals surface area contributed by atoms with Crippen LogP contribution in [-0.4, -0.2) is 34.4 Å². The van der Waals surface area contributed by atoms with Gasteiger partial charge < -0.3 is 15.0 Å². The molecular formula is C16H28N2O. The molecule has 0 aliphatic heterocycles. The molecule has 1 aromatic rings. The third-order valence-electron chi connectivity index (χ3n) is 3.29. The fourth-order valence-electron chi connectivity index (χ4n) is 2.14. The van der Waals surface area contributed by atoms with E-state index < -0.39 is 0 Å². The summed E-state index contributed by atoms with van der Waals surface area (Å²) in [6.07, 6.45) is 3.37. The molecule has 1 N–H and O–H groups in total. The Bertz CT molecular complexity index is 335. The van der Waals surface area contributed by atoms with Crippen LogP contribution in [0.15, 0.2) is 24.3 Å². The SMILES string of the molecule is CCCNC(CCCOC)c1ccc(N(C)C)cc1. The van der Waals surface area contributed by atoms with Crippen LogP contribution >= 0.6 is 0 Å². The van der Waals surface area contributed by atoms with Crippen molar-refractivity contribution in [2.75, 3.05) is 39.3 Å². The molecule has 0 aromatic heterocycles. The van der Waals surface area contributed by atoms with Gasteiger partial charge in [-0.15, -0.1) is 0 Å². The maximum Gasteiger partial charge on any atom is 0.0462 e. The monoisotopic (exact) mass is 264 g/mol. The Labute approximate surface area is 118 Å². The number of nitrogens with zero attached hydrogens (tertiary/aromatic N) is 1. The molecule has 108 valence electrons. The number of hydrogen-bond acceptors (Lipinski definition) is 3. The molecule has 1 aromatic carbocycles. The second-order valence-corrected chi connectivity index (χ2v) is 5.13. The Balaban J connectivity index is 2.66. The van der Waals surface area contributed by atoms with Crippen LogP contribution in [0.3, 0.4) is 0 Å². The van der Waals surface area contributed by atoms with Crippen LogP contribution in [0.25, 0.3) is 0 Å². The molecule has 1 unspecified atom stereocenters. The van der Waals surface area contributed by atoms with Crippen molar-refractivity contribution >= 4 is 5.69 Å². The number of hydrogen-bond donors (Lipinski definition) is 1. The summed E-state index contributed by atoms with van der Waals surface area (Å²) >= 11 is 0. The van der Waals surface area contributed by atoms with Crippen molar-refractivity contribution in [3.05, 3.63) is 29.8 Å². The normalized spacial score (nSPS) is 12.4. The van der Waals surface area contributed by atoms with E-state index in [1.165, 1.54) is 11.3 Å². The first-order valence-corrected chi connectivity index (χ1v) is 7.18. The maximum atomic E-state index is 5.15. The second kappa shape index (κ2) is 8.94. The molecule has 0 radical (unpaired) electrons. The van der Waals surface area contributed by atoms with Gasteiger partial charge in [-0.3, -0.25) is 0 Å². The summed E-state index contributed by atoms with van der Waals surface area (Å²) in [4.78, 5) is 2.13. The van der Waals surface area contributed by atoms with Crippen LogP contribution in [0.5, 0.6) is 0 Å². The van der Waals surface area contributed by atoms with Crippen LogP contribution in [0.2, 0.25) is 0 Å². The van der Waals surface area contributed by atoms with E-state index in [1.807, 2.05) is 0 Å². The Kier molecular flexibility index (Phi) is 7.53. The summed E-state index contributed by atoms with van der Waals surface area (Å²) in [6.45, 7) is 4.10. The van der Waals surface area contributed by atoms with Crippen molar-refractivity contribution in [1.82, 2.24) is 5.32 Å². The molecule has 0 amide bonds. The number of ether oxygens (including phenoxy) is 1. The van der Waals surface area contributed by atoms with Crippen LogP contribution in [0, 0.1) is 0 Å². The molecule has 0 bridgehead atoms. The molecule has 3 heteroatoms. The first kappa shape index (κ1) is 16.0. The fraction of sp³-hybridized carbons (Fsp3) is 0.625. The van der Waals surface area contributed by atoms with Crippen molar-refractivity contribution in [3.63, 3.8) is 0 Å². The lowest BCUT2D eigenvalue weighted by Crippen LogP contribution is -2.22. The fourth-order valence-corrected chi connectivity index (χ4v) is 2.14. The van der Waals surface area contributed by atoms with Crippen molar-refractivity contribution in [2.45, 2.75) is 32.2 Å². The zero-order valence-electron chi connectivity index (χ0n) is 12.8. The van der Waals surface area contributed by atoms with Gasteiger partial charge in [-0.05, 0) is 43.5 Å². The molecule has 1 rings (SSSR count). The molecule has 0 fully saturated rings. The van der Waals surface area contributed by atoms with Gasteiger partial charge in [-0.1, -0.05) is 19.1 Å². The van der Waals surface area contributed by atoms with Gasteiger partial charge in [0.1, 0.15) is 0 Å². The van der Waals surface area contributed by atoms with Gasteiger partial charge in [0, 0.05) is 39.5 Å². The topological polar surface area (TPSA) is 24.5 Å². The van der Waals surface area contributed by atoms with Gasteiger partial charge in [0.2, 0.25) is 0 Å². The van der Waals surface area contributed by atoms with E-state index in [4.69, 9.17) is 4.74 Å². The van der Waals surface area contributed by atoms with E-state index >= 15 is 0 Å². The van der Waals surface area contributed by atoms with Gasteiger partial charge in [-0.2, -0.15) is 0 Å². The second-order valence-electron chi connectivity index (χ2n) is 5.13. The van der Waals surface area contributed by atoms with Crippen LogP contribution in [-0.2, 0) is 4.74 Å². The quantitative estimate of drug-likeness (QED) is 0.693. The molecule has 0 saturated heterocycles. The highest BCUT2D eigenvalue weighted by atomic mass is 16.5. The lowest BCUT2D eigenvalue weighted by atomic mass is 10.0. The largest absolute Gasteiger partial charge is 0.385 e. The average molecular weight is 264 g/mol. The van der Waals surface area contributed by atoms with Crippen molar-refractivity contribution in [2.24, 2.45) is 0 Å². The average Bonchev–Trinajstić information content (AvgIpc) is 2.43. The number of benzene rings is 1. The summed E-state index contributed by atoms with van der Waals surface area (Å²) in [5, 5.41) is 3.62. The summed E-state index contributed by atoms with van der Waals surface area (Å²) in [6, 6.07) is 9.27. The van der Waals surface area contributed by atoms with E-state index in [1.54, 1.807) is 7.11 Å². The third-order valence-corrected chi connectivity index (χ3v) is 3.29. The highest BCUT2D eigenvalue weighted by Gasteiger charge is 2.10. The minimum atomic E-state index is 0.436. The summed E-state index contributed by atoms with van der Waals surface area (Å²) in [5.41, 5.74) is 2.62. The first-order chi connectivity index (χ1) is 9.19. The van der Waals surface area contributed by atoms with Gasteiger partial charge >= 0.3 is 0 Å². The molecule has 0 heterocycles. The molecule has 3 nitrogen and oxygen atoms in total. The zero-order chi connectivity index (χ0) is 14.1. The number of methoxy groups -OCH3 is 1. The first-order valence-electron chi connectivity index (χ1n) is 7.18. The maximum absolute atomic E-state index is 5.15. The van der Waals surface area contributed by atoms with Crippen molar-refractivity contribution in [1.29, 1.82) is 0 Å². The number of rotatable bonds is 9. The van der Waals surface area contributed by atoms with E-state index in [-0.39, 0.29) is 0 Å². The van der Waals surface area contributed by atoms with Crippen LogP contribution in [0.1, 0.15) is 37.8 Å². The molecule has 0 aliphatic rings. The molecular weight excluding hydrogens is 236 g/mol. The third kappa shape index (κ3) is 5.62. The van der Waals surface area contributed by atoms with E-state index in [9.17, 15) is 0 Å². The predicted octanol–water partition coefficient (Wildman–Crippen LogP) is 3.22. The van der Waals surface area contributed by atoms with Gasteiger partial charge in [0.05, 0.1) is 0 Å². The smallest absolute Gasteiger partial charge is 0.0462 e. The lowest BCUT2D eigenvalue weighted by Gasteiger charge is -2.20. The highest BCUT2D eigenvalue weighted by Crippen LogP contribution is 2.21. The Morgan fingerprint density at radius 3 is 2.42 bits per heavy atom. The molecule has 1 atom stereocenters. The summed E-state index contributed by atoms with van der Waals surface area (Å²) < 4.78 is 5.15. The van der Waals surface area contributed by atoms with Gasteiger partial charge in [0.25, 0.3) is 0 Å². The molecule has 0 spiro atoms. The lowest BCUT2D eigenvalue weighted by molar-refractivity contribution is 0.188. The highest BCUT2D eigenvalue weighted by molar-refractivity contribution is 5.46. The Morgan fingerprint density at radius 1 is 1.21 bits per heavy atom. The van der Waals surface area contributed by atoms with E-state index in [0.717, 1.165) is 32.4 Å². The standard InChI is InChI=1S/C16H28N2O/c1-5-12-17-16(7-6-13-19-4)14-8-10-15(11-9-14)18(2)3/h8-11,16-17H,5-7,12-13H2,1-4H3. The van der Waals surface area contributed by atoms with Crippen molar-refractivity contribution in [3.8, 4) is 0 Å². The predicted molar refractivity (Wildman–Crippen MR) is 82.9 cm³/mol. The zero-order valence-corrected chi connectivity index (χ0v) is 12.8. The molecule has 19 heavy (non-hydrogen) atoms. The summed E-state index contributed by atoms with van der Waals surface area (Å²) in [7, 11) is 5.90. The molecule has 0 aliphatic carbocycles. The Morgan fingerprint density at radius 2 is 1.89 bits per heavy atom. The Hall–Kier alpha value is -1.06. The van der Waals surface area contributed by atoms with Crippen LogP contribution < -0.4 is 10.2 Å². The number of anilines is 1. The summed E-state index contributed by atoms with van der Waals surface area (Å²) in [5.74, 6) is 0. The van der Waals surface area contributed by atoms with E-state index in [2.05, 4.69) is 55.5 Å². The van der Waals surface area contributed by atoms with Gasteiger partial charge in [-0.25, -0.2) is 0 Å². The van der Waals surface area contributed by atoms with E-state index in [0.29, 0.717) is 6.04 Å². The minimum Gasteiger partial charge on any atom is -0.385 e. The molecule has 0 saturated carbocycles. The van der Waals surface area contributed by atoms with Gasteiger partial charge in [0.15, 0.2) is 0 Å².